The van der Waals surface area contributed by atoms with E-state index in [2.05, 4.69) is 4.98 Å². The Hall–Kier alpha value is -1.13. The number of carbonyl (C=O) groups is 1. The van der Waals surface area contributed by atoms with Crippen LogP contribution in [0, 0.1) is 0 Å². The molecule has 1 heterocycles. The molecule has 0 amide bonds. The van der Waals surface area contributed by atoms with Gasteiger partial charge in [-0.25, -0.2) is 4.98 Å². The van der Waals surface area contributed by atoms with E-state index in [1.54, 1.807) is 19.1 Å². The van der Waals surface area contributed by atoms with Crippen LogP contribution in [0.2, 0.25) is 5.15 Å². The lowest BCUT2D eigenvalue weighted by molar-refractivity contribution is -0.138. The van der Waals surface area contributed by atoms with Crippen LogP contribution < -0.4 is 5.73 Å². The molecule has 0 saturated heterocycles. The van der Waals surface area contributed by atoms with Crippen LogP contribution in [0.5, 0.6) is 0 Å². The first kappa shape index (κ1) is 10.9. The summed E-state index contributed by atoms with van der Waals surface area (Å²) < 4.78 is 0. The highest BCUT2D eigenvalue weighted by Gasteiger charge is 2.24. The van der Waals surface area contributed by atoms with Crippen LogP contribution in [0.1, 0.15) is 18.9 Å². The third-order valence-electron chi connectivity index (χ3n) is 1.90. The van der Waals surface area contributed by atoms with E-state index in [1.807, 2.05) is 0 Å². The van der Waals surface area contributed by atoms with Crippen LogP contribution in [0.15, 0.2) is 18.3 Å². The average molecular weight is 215 g/mol. The SMILES string of the molecule is C[C@](N)(CC(=O)O)c1ccnc(Cl)c1. The molecule has 1 aromatic heterocycles. The fraction of sp³-hybridized carbons (Fsp3) is 0.333. The summed E-state index contributed by atoms with van der Waals surface area (Å²) in [7, 11) is 0. The molecule has 0 unspecified atom stereocenters. The molecule has 4 nitrogen and oxygen atoms in total. The Morgan fingerprint density at radius 2 is 2.43 bits per heavy atom. The molecule has 3 N–H and O–H groups in total. The summed E-state index contributed by atoms with van der Waals surface area (Å²) in [6.45, 7) is 1.65. The lowest BCUT2D eigenvalue weighted by Crippen LogP contribution is -2.35. The Morgan fingerprint density at radius 3 is 2.93 bits per heavy atom. The van der Waals surface area contributed by atoms with Gasteiger partial charge in [0.2, 0.25) is 0 Å². The molecule has 1 atom stereocenters. The predicted molar refractivity (Wildman–Crippen MR) is 53.0 cm³/mol. The number of carboxylic acid groups (broad SMARTS) is 1. The van der Waals surface area contributed by atoms with Gasteiger partial charge in [-0.2, -0.15) is 0 Å². The second-order valence-corrected chi connectivity index (χ2v) is 3.74. The minimum Gasteiger partial charge on any atom is -0.481 e. The summed E-state index contributed by atoms with van der Waals surface area (Å²) in [6, 6.07) is 3.24. The highest BCUT2D eigenvalue weighted by Crippen LogP contribution is 2.22. The largest absolute Gasteiger partial charge is 0.481 e. The first-order valence-corrected chi connectivity index (χ1v) is 4.42. The summed E-state index contributed by atoms with van der Waals surface area (Å²) in [5.74, 6) is -0.942. The Morgan fingerprint density at radius 1 is 1.79 bits per heavy atom. The highest BCUT2D eigenvalue weighted by molar-refractivity contribution is 6.29. The van der Waals surface area contributed by atoms with Crippen molar-refractivity contribution in [3.05, 3.63) is 29.0 Å². The van der Waals surface area contributed by atoms with Crippen LogP contribution in [-0.2, 0) is 10.3 Å². The van der Waals surface area contributed by atoms with Gasteiger partial charge in [0.05, 0.1) is 6.42 Å². The third kappa shape index (κ3) is 2.68. The normalized spacial score (nSPS) is 14.8. The Balaban J connectivity index is 2.97. The molecule has 0 aliphatic carbocycles. The van der Waals surface area contributed by atoms with E-state index in [4.69, 9.17) is 22.4 Å². The quantitative estimate of drug-likeness (QED) is 0.746. The summed E-state index contributed by atoms with van der Waals surface area (Å²) >= 11 is 5.67. The van der Waals surface area contributed by atoms with Gasteiger partial charge >= 0.3 is 5.97 Å². The van der Waals surface area contributed by atoms with Gasteiger partial charge in [0, 0.05) is 11.7 Å². The van der Waals surface area contributed by atoms with Crippen molar-refractivity contribution in [1.82, 2.24) is 4.98 Å². The van der Waals surface area contributed by atoms with Crippen molar-refractivity contribution >= 4 is 17.6 Å². The zero-order valence-corrected chi connectivity index (χ0v) is 8.45. The molecule has 1 aromatic rings. The van der Waals surface area contributed by atoms with Crippen LogP contribution in [-0.4, -0.2) is 16.1 Å². The van der Waals surface area contributed by atoms with Gasteiger partial charge in [0.1, 0.15) is 5.15 Å². The number of rotatable bonds is 3. The molecule has 0 radical (unpaired) electrons. The zero-order valence-electron chi connectivity index (χ0n) is 7.70. The van der Waals surface area contributed by atoms with Crippen molar-refractivity contribution in [2.45, 2.75) is 18.9 Å². The average Bonchev–Trinajstić information content (AvgIpc) is 2.01. The Labute approximate surface area is 86.7 Å². The van der Waals surface area contributed by atoms with Gasteiger partial charge in [0.25, 0.3) is 0 Å². The van der Waals surface area contributed by atoms with Gasteiger partial charge in [0.15, 0.2) is 0 Å². The number of aliphatic carboxylic acids is 1. The standard InChI is InChI=1S/C9H11ClN2O2/c1-9(11,5-8(13)14)6-2-3-12-7(10)4-6/h2-4H,5,11H2,1H3,(H,13,14)/t9-/m0/s1. The predicted octanol–water partition coefficient (Wildman–Crippen LogP) is 1.38. The molecule has 0 fully saturated rings. The topological polar surface area (TPSA) is 76.2 Å². The molecule has 0 saturated carbocycles. The van der Waals surface area contributed by atoms with E-state index in [1.165, 1.54) is 6.20 Å². The van der Waals surface area contributed by atoms with Crippen molar-refractivity contribution in [2.75, 3.05) is 0 Å². The van der Waals surface area contributed by atoms with Crippen molar-refractivity contribution in [3.8, 4) is 0 Å². The fourth-order valence-electron chi connectivity index (χ4n) is 1.17. The summed E-state index contributed by atoms with van der Waals surface area (Å²) in [6.07, 6.45) is 1.36. The molecule has 5 heteroatoms. The molecule has 0 spiro atoms. The number of nitrogens with two attached hydrogens (primary N) is 1. The monoisotopic (exact) mass is 214 g/mol. The Bertz CT molecular complexity index is 352. The van der Waals surface area contributed by atoms with Gasteiger partial charge in [-0.15, -0.1) is 0 Å². The third-order valence-corrected chi connectivity index (χ3v) is 2.11. The van der Waals surface area contributed by atoms with Gasteiger partial charge < -0.3 is 10.8 Å². The minimum atomic E-state index is -0.942. The number of pyridine rings is 1. The van der Waals surface area contributed by atoms with Crippen LogP contribution in [0.25, 0.3) is 0 Å². The summed E-state index contributed by atoms with van der Waals surface area (Å²) in [4.78, 5) is 14.3. The van der Waals surface area contributed by atoms with Crippen molar-refractivity contribution in [2.24, 2.45) is 5.73 Å². The molecule has 1 rings (SSSR count). The maximum Gasteiger partial charge on any atom is 0.305 e. The van der Waals surface area contributed by atoms with Crippen molar-refractivity contribution in [1.29, 1.82) is 0 Å². The van der Waals surface area contributed by atoms with Gasteiger partial charge in [-0.3, -0.25) is 4.79 Å². The highest BCUT2D eigenvalue weighted by atomic mass is 35.5. The van der Waals surface area contributed by atoms with Crippen LogP contribution in [0.3, 0.4) is 0 Å². The van der Waals surface area contributed by atoms with E-state index in [-0.39, 0.29) is 6.42 Å². The first-order chi connectivity index (χ1) is 6.42. The smallest absolute Gasteiger partial charge is 0.305 e. The fourth-order valence-corrected chi connectivity index (χ4v) is 1.35. The summed E-state index contributed by atoms with van der Waals surface area (Å²) in [5, 5.41) is 8.96. The van der Waals surface area contributed by atoms with E-state index < -0.39 is 11.5 Å². The van der Waals surface area contributed by atoms with E-state index in [9.17, 15) is 4.79 Å². The van der Waals surface area contributed by atoms with Crippen LogP contribution in [0.4, 0.5) is 0 Å². The second-order valence-electron chi connectivity index (χ2n) is 3.36. The number of nitrogens with zero attached hydrogens (tertiary/aromatic N) is 1. The second kappa shape index (κ2) is 3.94. The molecule has 76 valence electrons. The number of hydrogen-bond donors (Lipinski definition) is 2. The van der Waals surface area contributed by atoms with Crippen molar-refractivity contribution in [3.63, 3.8) is 0 Å². The summed E-state index contributed by atoms with van der Waals surface area (Å²) in [5.41, 5.74) is 5.59. The minimum absolute atomic E-state index is 0.145. The number of hydrogen-bond acceptors (Lipinski definition) is 3. The zero-order chi connectivity index (χ0) is 10.8. The van der Waals surface area contributed by atoms with Crippen molar-refractivity contribution < 1.29 is 9.90 Å². The number of carboxylic acids is 1. The molecule has 0 aliphatic heterocycles. The van der Waals surface area contributed by atoms with E-state index in [0.29, 0.717) is 10.7 Å². The van der Waals surface area contributed by atoms with Gasteiger partial charge in [-0.1, -0.05) is 11.6 Å². The van der Waals surface area contributed by atoms with Gasteiger partial charge in [-0.05, 0) is 24.6 Å². The first-order valence-electron chi connectivity index (χ1n) is 4.04. The maximum absolute atomic E-state index is 10.5. The lowest BCUT2D eigenvalue weighted by Gasteiger charge is -2.22. The Kier molecular flexibility index (Phi) is 3.08. The maximum atomic E-state index is 10.5. The van der Waals surface area contributed by atoms with E-state index in [0.717, 1.165) is 0 Å². The molecule has 14 heavy (non-hydrogen) atoms. The molecule has 0 bridgehead atoms. The number of halogens is 1. The molecule has 0 aromatic carbocycles. The van der Waals surface area contributed by atoms with E-state index >= 15 is 0 Å². The molecule has 0 aliphatic rings. The number of aromatic nitrogens is 1. The molecular weight excluding hydrogens is 204 g/mol. The van der Waals surface area contributed by atoms with Crippen LogP contribution >= 0.6 is 11.6 Å². The lowest BCUT2D eigenvalue weighted by atomic mass is 9.91. The molecular formula is C9H11ClN2O2.